The molecule has 1 aromatic heterocycles. The van der Waals surface area contributed by atoms with Crippen LogP contribution in [0.3, 0.4) is 0 Å². The van der Waals surface area contributed by atoms with E-state index in [2.05, 4.69) is 20.8 Å². The SMILES string of the molecule is CSCCC(NC(=O)NCCc1ncno1)C(=O)O. The van der Waals surface area contributed by atoms with Crippen LogP contribution in [0.2, 0.25) is 0 Å². The predicted molar refractivity (Wildman–Crippen MR) is 69.0 cm³/mol. The monoisotopic (exact) mass is 288 g/mol. The van der Waals surface area contributed by atoms with E-state index in [0.29, 0.717) is 31.0 Å². The summed E-state index contributed by atoms with van der Waals surface area (Å²) in [7, 11) is 0. The number of nitrogens with one attached hydrogen (secondary N) is 2. The fraction of sp³-hybridized carbons (Fsp3) is 0.600. The lowest BCUT2D eigenvalue weighted by Crippen LogP contribution is -2.46. The number of rotatable bonds is 8. The van der Waals surface area contributed by atoms with Gasteiger partial charge in [0.1, 0.15) is 6.04 Å². The molecule has 0 saturated carbocycles. The molecule has 0 bridgehead atoms. The molecule has 0 aromatic carbocycles. The molecule has 0 spiro atoms. The van der Waals surface area contributed by atoms with Gasteiger partial charge >= 0.3 is 12.0 Å². The minimum atomic E-state index is -1.04. The van der Waals surface area contributed by atoms with Crippen LogP contribution >= 0.6 is 11.8 Å². The van der Waals surface area contributed by atoms with E-state index in [9.17, 15) is 9.59 Å². The number of carbonyl (C=O) groups is 2. The molecule has 1 aromatic rings. The molecule has 1 heterocycles. The number of carboxylic acids is 1. The van der Waals surface area contributed by atoms with Gasteiger partial charge in [-0.15, -0.1) is 0 Å². The molecule has 106 valence electrons. The summed E-state index contributed by atoms with van der Waals surface area (Å²) in [5.74, 6) is 0.0396. The molecule has 0 fully saturated rings. The zero-order valence-electron chi connectivity index (χ0n) is 10.5. The van der Waals surface area contributed by atoms with Crippen LogP contribution in [0.4, 0.5) is 4.79 Å². The molecule has 0 aliphatic rings. The molecule has 8 nitrogen and oxygen atoms in total. The Morgan fingerprint density at radius 1 is 1.58 bits per heavy atom. The van der Waals surface area contributed by atoms with Crippen molar-refractivity contribution in [2.45, 2.75) is 18.9 Å². The Bertz CT molecular complexity index is 398. The zero-order valence-corrected chi connectivity index (χ0v) is 11.3. The van der Waals surface area contributed by atoms with E-state index in [-0.39, 0.29) is 0 Å². The highest BCUT2D eigenvalue weighted by atomic mass is 32.2. The number of carbonyl (C=O) groups excluding carboxylic acids is 1. The Hall–Kier alpha value is -1.77. The number of aliphatic carboxylic acids is 1. The van der Waals surface area contributed by atoms with Crippen molar-refractivity contribution in [3.05, 3.63) is 12.2 Å². The summed E-state index contributed by atoms with van der Waals surface area (Å²) in [6.07, 6.45) is 3.94. The average molecular weight is 288 g/mol. The van der Waals surface area contributed by atoms with E-state index in [1.165, 1.54) is 18.1 Å². The highest BCUT2D eigenvalue weighted by Gasteiger charge is 2.18. The number of aromatic nitrogens is 2. The van der Waals surface area contributed by atoms with Gasteiger partial charge in [0, 0.05) is 13.0 Å². The van der Waals surface area contributed by atoms with Crippen LogP contribution in [0.1, 0.15) is 12.3 Å². The normalized spacial score (nSPS) is 11.8. The molecular weight excluding hydrogens is 272 g/mol. The van der Waals surface area contributed by atoms with Crippen LogP contribution in [-0.4, -0.2) is 51.8 Å². The minimum Gasteiger partial charge on any atom is -0.480 e. The summed E-state index contributed by atoms with van der Waals surface area (Å²) in [5, 5.41) is 17.3. The van der Waals surface area contributed by atoms with Crippen LogP contribution in [0.5, 0.6) is 0 Å². The third-order valence-corrected chi connectivity index (χ3v) is 2.89. The van der Waals surface area contributed by atoms with Crippen molar-refractivity contribution in [3.8, 4) is 0 Å². The van der Waals surface area contributed by atoms with E-state index in [1.807, 2.05) is 6.26 Å². The molecule has 1 rings (SSSR count). The van der Waals surface area contributed by atoms with Crippen molar-refractivity contribution in [1.29, 1.82) is 0 Å². The van der Waals surface area contributed by atoms with Gasteiger partial charge in [-0.05, 0) is 18.4 Å². The molecule has 2 amide bonds. The van der Waals surface area contributed by atoms with Gasteiger partial charge in [-0.3, -0.25) is 0 Å². The molecule has 0 aliphatic carbocycles. The topological polar surface area (TPSA) is 117 Å². The zero-order chi connectivity index (χ0) is 14.1. The summed E-state index contributed by atoms with van der Waals surface area (Å²) in [5.41, 5.74) is 0. The Morgan fingerprint density at radius 2 is 2.37 bits per heavy atom. The summed E-state index contributed by atoms with van der Waals surface area (Å²) < 4.78 is 4.76. The second kappa shape index (κ2) is 8.35. The number of urea groups is 1. The van der Waals surface area contributed by atoms with Crippen molar-refractivity contribution >= 4 is 23.8 Å². The lowest BCUT2D eigenvalue weighted by Gasteiger charge is -2.14. The van der Waals surface area contributed by atoms with Gasteiger partial charge in [0.05, 0.1) is 0 Å². The number of hydrogen-bond acceptors (Lipinski definition) is 6. The summed E-state index contributed by atoms with van der Waals surface area (Å²) >= 11 is 1.53. The van der Waals surface area contributed by atoms with Crippen LogP contribution < -0.4 is 10.6 Å². The Labute approximate surface area is 114 Å². The predicted octanol–water partition coefficient (Wildman–Crippen LogP) is 0.118. The summed E-state index contributed by atoms with van der Waals surface area (Å²) in [6, 6.07) is -1.40. The Balaban J connectivity index is 2.25. The highest BCUT2D eigenvalue weighted by molar-refractivity contribution is 7.98. The van der Waals surface area contributed by atoms with E-state index >= 15 is 0 Å². The van der Waals surface area contributed by atoms with Gasteiger partial charge in [0.2, 0.25) is 5.89 Å². The fourth-order valence-electron chi connectivity index (χ4n) is 1.29. The van der Waals surface area contributed by atoms with Gasteiger partial charge in [0.15, 0.2) is 6.33 Å². The maximum atomic E-state index is 11.5. The summed E-state index contributed by atoms with van der Waals surface area (Å²) in [4.78, 5) is 26.2. The van der Waals surface area contributed by atoms with E-state index in [1.54, 1.807) is 0 Å². The minimum absolute atomic E-state index is 0.295. The Morgan fingerprint density at radius 3 is 2.95 bits per heavy atom. The van der Waals surface area contributed by atoms with Crippen LogP contribution in [-0.2, 0) is 11.2 Å². The molecule has 3 N–H and O–H groups in total. The molecule has 0 radical (unpaired) electrons. The molecule has 1 atom stereocenters. The third kappa shape index (κ3) is 6.09. The lowest BCUT2D eigenvalue weighted by molar-refractivity contribution is -0.139. The van der Waals surface area contributed by atoms with Gasteiger partial charge in [-0.2, -0.15) is 16.7 Å². The highest BCUT2D eigenvalue weighted by Crippen LogP contribution is 2.00. The summed E-state index contributed by atoms with van der Waals surface area (Å²) in [6.45, 7) is 0.295. The first kappa shape index (κ1) is 15.3. The second-order valence-corrected chi connectivity index (χ2v) is 4.64. The molecule has 19 heavy (non-hydrogen) atoms. The van der Waals surface area contributed by atoms with E-state index in [4.69, 9.17) is 9.63 Å². The van der Waals surface area contributed by atoms with Crippen LogP contribution in [0.25, 0.3) is 0 Å². The van der Waals surface area contributed by atoms with Crippen molar-refractivity contribution < 1.29 is 19.2 Å². The average Bonchev–Trinajstić information content (AvgIpc) is 2.87. The van der Waals surface area contributed by atoms with Gasteiger partial charge in [-0.1, -0.05) is 5.16 Å². The largest absolute Gasteiger partial charge is 0.480 e. The first-order chi connectivity index (χ1) is 9.13. The first-order valence-corrected chi connectivity index (χ1v) is 7.04. The van der Waals surface area contributed by atoms with E-state index in [0.717, 1.165) is 0 Å². The first-order valence-electron chi connectivity index (χ1n) is 5.65. The number of amides is 2. The lowest BCUT2D eigenvalue weighted by atomic mass is 10.2. The van der Waals surface area contributed by atoms with Gasteiger partial charge in [-0.25, -0.2) is 9.59 Å². The van der Waals surface area contributed by atoms with Crippen LogP contribution in [0.15, 0.2) is 10.9 Å². The standard InChI is InChI=1S/C10H16N4O4S/c1-19-5-3-7(9(15)16)14-10(17)11-4-2-8-12-6-13-18-8/h6-7H,2-5H2,1H3,(H,15,16)(H2,11,14,17). The number of thioether (sulfide) groups is 1. The van der Waals surface area contributed by atoms with Crippen molar-refractivity contribution in [3.63, 3.8) is 0 Å². The third-order valence-electron chi connectivity index (χ3n) is 2.25. The molecule has 0 aliphatic heterocycles. The maximum Gasteiger partial charge on any atom is 0.326 e. The molecule has 0 saturated heterocycles. The van der Waals surface area contributed by atoms with Crippen molar-refractivity contribution in [2.75, 3.05) is 18.6 Å². The number of nitrogens with zero attached hydrogens (tertiary/aromatic N) is 2. The molecular formula is C10H16N4O4S. The fourth-order valence-corrected chi connectivity index (χ4v) is 1.76. The van der Waals surface area contributed by atoms with Gasteiger partial charge < -0.3 is 20.3 Å². The van der Waals surface area contributed by atoms with Gasteiger partial charge in [0.25, 0.3) is 0 Å². The maximum absolute atomic E-state index is 11.5. The smallest absolute Gasteiger partial charge is 0.326 e. The molecule has 1 unspecified atom stereocenters. The number of carboxylic acid groups (broad SMARTS) is 1. The van der Waals surface area contributed by atoms with Crippen molar-refractivity contribution in [2.24, 2.45) is 0 Å². The quantitative estimate of drug-likeness (QED) is 0.621. The Kier molecular flexibility index (Phi) is 6.72. The number of hydrogen-bond donors (Lipinski definition) is 3. The second-order valence-electron chi connectivity index (χ2n) is 3.66. The van der Waals surface area contributed by atoms with E-state index < -0.39 is 18.0 Å². The molecule has 9 heteroatoms. The van der Waals surface area contributed by atoms with Crippen LogP contribution in [0, 0.1) is 0 Å². The van der Waals surface area contributed by atoms with Crippen molar-refractivity contribution in [1.82, 2.24) is 20.8 Å².